The first-order valence-corrected chi connectivity index (χ1v) is 11.8. The number of aromatic amines is 2. The lowest BCUT2D eigenvalue weighted by Gasteiger charge is -2.27. The number of aromatic nitrogens is 4. The second kappa shape index (κ2) is 10.3. The predicted molar refractivity (Wildman–Crippen MR) is 129 cm³/mol. The molecular formula is C25H22F4N7O3+. The molecule has 1 aromatic carbocycles. The van der Waals surface area contributed by atoms with Gasteiger partial charge in [0.15, 0.2) is 11.8 Å². The van der Waals surface area contributed by atoms with Crippen LogP contribution in [0.1, 0.15) is 28.0 Å². The maximum Gasteiger partial charge on any atom is 0.418 e. The zero-order valence-electron chi connectivity index (χ0n) is 20.2. The standard InChI is InChI=1S/C25H21F4N7O3/c26-15-1-4-19(18(8-15)25(27,28)29)35-17-3-2-16(30-11-17)10-32-23(38)24(5-6-39-12-24)36-22(37)14-7-20-21(31-9-14)34-13-33-20/h1-4,7-9,11,13,35H,5-6,10,12H2,(H,32,38)(H,36,37)(H,31,33,34)/p+1/t24-/m0/s1. The Morgan fingerprint density at radius 2 is 1.97 bits per heavy atom. The molecule has 1 aliphatic rings. The van der Waals surface area contributed by atoms with Gasteiger partial charge < -0.3 is 20.7 Å². The molecule has 4 aromatic rings. The highest BCUT2D eigenvalue weighted by Gasteiger charge is 2.44. The van der Waals surface area contributed by atoms with Crippen molar-refractivity contribution in [2.75, 3.05) is 18.5 Å². The lowest BCUT2D eigenvalue weighted by Crippen LogP contribution is -2.59. The quantitative estimate of drug-likeness (QED) is 0.264. The number of anilines is 2. The van der Waals surface area contributed by atoms with Crippen LogP contribution < -0.4 is 20.9 Å². The van der Waals surface area contributed by atoms with Gasteiger partial charge in [-0.05, 0) is 36.4 Å². The van der Waals surface area contributed by atoms with Crippen molar-refractivity contribution in [1.82, 2.24) is 25.6 Å². The van der Waals surface area contributed by atoms with Gasteiger partial charge in [0.1, 0.15) is 17.6 Å². The van der Waals surface area contributed by atoms with Gasteiger partial charge in [-0.25, -0.2) is 9.37 Å². The number of carbonyl (C=O) groups excluding carboxylic acids is 2. The molecular weight excluding hydrogens is 522 g/mol. The van der Waals surface area contributed by atoms with Gasteiger partial charge in [0, 0.05) is 13.0 Å². The van der Waals surface area contributed by atoms with Crippen LogP contribution in [0.3, 0.4) is 0 Å². The molecule has 5 N–H and O–H groups in total. The van der Waals surface area contributed by atoms with Gasteiger partial charge >= 0.3 is 6.18 Å². The first kappa shape index (κ1) is 26.0. The summed E-state index contributed by atoms with van der Waals surface area (Å²) < 4.78 is 58.5. The van der Waals surface area contributed by atoms with Crippen LogP contribution in [0.4, 0.5) is 28.9 Å². The van der Waals surface area contributed by atoms with Crippen molar-refractivity contribution in [3.05, 3.63) is 77.8 Å². The lowest BCUT2D eigenvalue weighted by atomic mass is 9.96. The molecule has 10 nitrogen and oxygen atoms in total. The Balaban J connectivity index is 1.23. The number of alkyl halides is 3. The van der Waals surface area contributed by atoms with Crippen LogP contribution in [0.25, 0.3) is 11.2 Å². The van der Waals surface area contributed by atoms with Crippen molar-refractivity contribution in [2.24, 2.45) is 0 Å². The van der Waals surface area contributed by atoms with Crippen LogP contribution in [-0.2, 0) is 22.3 Å². The number of ether oxygens (including phenoxy) is 1. The minimum atomic E-state index is -4.75. The van der Waals surface area contributed by atoms with Crippen molar-refractivity contribution in [1.29, 1.82) is 0 Å². The monoisotopic (exact) mass is 544 g/mol. The number of halogens is 4. The van der Waals surface area contributed by atoms with Crippen molar-refractivity contribution in [3.8, 4) is 0 Å². The smallest absolute Gasteiger partial charge is 0.378 e. The van der Waals surface area contributed by atoms with E-state index in [1.54, 1.807) is 12.4 Å². The third-order valence-corrected chi connectivity index (χ3v) is 6.22. The summed E-state index contributed by atoms with van der Waals surface area (Å²) in [5, 5.41) is 8.09. The fraction of sp³-hybridized carbons (Fsp3) is 0.240. The van der Waals surface area contributed by atoms with E-state index >= 15 is 0 Å². The Hall–Kier alpha value is -4.59. The van der Waals surface area contributed by atoms with Crippen LogP contribution >= 0.6 is 0 Å². The SMILES string of the molecule is O=C(N[C@@]1(C(=O)NCc2ccc(Nc3ccc(F)cc3C(F)(F)F)cn2)CCOC1)c1cnc2[nH+]c[nH]c2c1. The molecule has 1 atom stereocenters. The third-order valence-electron chi connectivity index (χ3n) is 6.22. The van der Waals surface area contributed by atoms with Gasteiger partial charge in [-0.1, -0.05) is 0 Å². The summed E-state index contributed by atoms with van der Waals surface area (Å²) >= 11 is 0. The Morgan fingerprint density at radius 1 is 1.13 bits per heavy atom. The van der Waals surface area contributed by atoms with Crippen molar-refractivity contribution < 1.29 is 36.9 Å². The molecule has 202 valence electrons. The number of H-pyrrole nitrogens is 2. The Labute approximate surface area is 218 Å². The lowest BCUT2D eigenvalue weighted by molar-refractivity contribution is -0.347. The summed E-state index contributed by atoms with van der Waals surface area (Å²) in [6.45, 7) is 0.247. The van der Waals surface area contributed by atoms with E-state index in [0.717, 1.165) is 12.1 Å². The number of hydrogen-bond acceptors (Lipinski definition) is 6. The van der Waals surface area contributed by atoms with E-state index in [2.05, 4.69) is 35.9 Å². The molecule has 2 amide bonds. The molecule has 0 unspecified atom stereocenters. The van der Waals surface area contributed by atoms with Crippen LogP contribution in [0.15, 0.2) is 55.1 Å². The van der Waals surface area contributed by atoms with Crippen molar-refractivity contribution in [3.63, 3.8) is 0 Å². The number of carbonyl (C=O) groups is 2. The van der Waals surface area contributed by atoms with Crippen LogP contribution in [0, 0.1) is 5.82 Å². The Morgan fingerprint density at radius 3 is 2.69 bits per heavy atom. The van der Waals surface area contributed by atoms with Gasteiger partial charge in [-0.15, -0.1) is 4.98 Å². The van der Waals surface area contributed by atoms with E-state index in [9.17, 15) is 27.2 Å². The van der Waals surface area contributed by atoms with Gasteiger partial charge in [-0.3, -0.25) is 19.6 Å². The van der Waals surface area contributed by atoms with E-state index in [4.69, 9.17) is 4.74 Å². The maximum atomic E-state index is 13.3. The number of nitrogens with one attached hydrogen (secondary N) is 5. The molecule has 1 fully saturated rings. The summed E-state index contributed by atoms with van der Waals surface area (Å²) in [7, 11) is 0. The normalized spacial score (nSPS) is 17.2. The van der Waals surface area contributed by atoms with E-state index in [1.165, 1.54) is 24.5 Å². The number of nitrogens with zero attached hydrogens (tertiary/aromatic N) is 2. The predicted octanol–water partition coefficient (Wildman–Crippen LogP) is 2.88. The first-order valence-electron chi connectivity index (χ1n) is 11.8. The molecule has 1 aliphatic heterocycles. The van der Waals surface area contributed by atoms with Crippen LogP contribution in [0.5, 0.6) is 0 Å². The molecule has 0 aliphatic carbocycles. The number of pyridine rings is 2. The van der Waals surface area contributed by atoms with E-state index in [1.807, 2.05) is 0 Å². The summed E-state index contributed by atoms with van der Waals surface area (Å²) in [5.41, 5.74) is -0.649. The summed E-state index contributed by atoms with van der Waals surface area (Å²) in [5.74, 6) is -1.97. The summed E-state index contributed by atoms with van der Waals surface area (Å²) in [6, 6.07) is 6.94. The molecule has 4 heterocycles. The number of hydrogen-bond donors (Lipinski definition) is 4. The highest BCUT2D eigenvalue weighted by atomic mass is 19.4. The van der Waals surface area contributed by atoms with E-state index < -0.39 is 34.9 Å². The molecule has 14 heteroatoms. The molecule has 0 saturated carbocycles. The molecule has 0 radical (unpaired) electrons. The average Bonchev–Trinajstić information content (AvgIpc) is 3.58. The average molecular weight is 544 g/mol. The van der Waals surface area contributed by atoms with Gasteiger partial charge in [0.25, 0.3) is 11.6 Å². The molecule has 5 rings (SSSR count). The minimum absolute atomic E-state index is 0.00704. The molecule has 0 bridgehead atoms. The number of rotatable bonds is 7. The van der Waals surface area contributed by atoms with Crippen molar-refractivity contribution >= 4 is 34.4 Å². The molecule has 3 aromatic heterocycles. The van der Waals surface area contributed by atoms with Gasteiger partial charge in [0.05, 0.1) is 47.5 Å². The van der Waals surface area contributed by atoms with E-state index in [0.29, 0.717) is 22.9 Å². The largest absolute Gasteiger partial charge is 0.418 e. The van der Waals surface area contributed by atoms with Gasteiger partial charge in [-0.2, -0.15) is 13.2 Å². The third kappa shape index (κ3) is 5.65. The topological polar surface area (TPSA) is 135 Å². The zero-order valence-corrected chi connectivity index (χ0v) is 20.2. The summed E-state index contributed by atoms with van der Waals surface area (Å²) in [4.78, 5) is 40.2. The Kier molecular flexibility index (Phi) is 6.87. The highest BCUT2D eigenvalue weighted by molar-refractivity contribution is 6.00. The zero-order chi connectivity index (χ0) is 27.6. The maximum absolute atomic E-state index is 13.3. The first-order chi connectivity index (χ1) is 18.6. The molecule has 39 heavy (non-hydrogen) atoms. The van der Waals surface area contributed by atoms with E-state index in [-0.39, 0.29) is 43.1 Å². The minimum Gasteiger partial charge on any atom is -0.378 e. The summed E-state index contributed by atoms with van der Waals surface area (Å²) in [6.07, 6.45) is -0.222. The second-order valence-corrected chi connectivity index (χ2v) is 8.93. The van der Waals surface area contributed by atoms with Gasteiger partial charge in [0.2, 0.25) is 5.91 Å². The number of fused-ring (bicyclic) bond motifs is 1. The molecule has 0 spiro atoms. The van der Waals surface area contributed by atoms with Crippen LogP contribution in [0.2, 0.25) is 0 Å². The number of benzene rings is 1. The fourth-order valence-electron chi connectivity index (χ4n) is 4.14. The van der Waals surface area contributed by atoms with Crippen LogP contribution in [-0.4, -0.2) is 45.5 Å². The molecule has 1 saturated heterocycles. The number of imidazole rings is 1. The highest BCUT2D eigenvalue weighted by Crippen LogP contribution is 2.36. The number of amides is 2. The van der Waals surface area contributed by atoms with Crippen molar-refractivity contribution in [2.45, 2.75) is 24.7 Å². The fourth-order valence-corrected chi connectivity index (χ4v) is 4.14. The second-order valence-electron chi connectivity index (χ2n) is 8.93. The Bertz CT molecular complexity index is 1520.